The molecule has 0 aliphatic rings. The summed E-state index contributed by atoms with van der Waals surface area (Å²) in [5, 5.41) is 14.0. The highest BCUT2D eigenvalue weighted by Crippen LogP contribution is 2.02. The maximum absolute atomic E-state index is 4.98. The first-order valence-corrected chi connectivity index (χ1v) is 6.86. The summed E-state index contributed by atoms with van der Waals surface area (Å²) in [6.07, 6.45) is 0. The highest BCUT2D eigenvalue weighted by molar-refractivity contribution is 14.1. The molecule has 0 aromatic heterocycles. The molecule has 0 saturated heterocycles. The second-order valence-corrected chi connectivity index (χ2v) is 5.37. The molecule has 8 nitrogen and oxygen atoms in total. The molecule has 0 radical (unpaired) electrons. The van der Waals surface area contributed by atoms with Gasteiger partial charge in [0.2, 0.25) is 0 Å². The van der Waals surface area contributed by atoms with Crippen molar-refractivity contribution in [1.29, 1.82) is 0 Å². The lowest BCUT2D eigenvalue weighted by atomic mass is 10.3. The van der Waals surface area contributed by atoms with E-state index >= 15 is 0 Å². The predicted molar refractivity (Wildman–Crippen MR) is 80.1 cm³/mol. The van der Waals surface area contributed by atoms with Crippen molar-refractivity contribution in [2.75, 3.05) is 39.3 Å². The molecule has 0 rings (SSSR count). The summed E-state index contributed by atoms with van der Waals surface area (Å²) < 4.78 is 2.17. The molecular formula is C9H23IN8. The molecule has 0 spiro atoms. The highest BCUT2D eigenvalue weighted by Gasteiger charge is 2.10. The van der Waals surface area contributed by atoms with E-state index in [4.69, 9.17) is 11.7 Å². The van der Waals surface area contributed by atoms with Gasteiger partial charge in [0, 0.05) is 55.1 Å². The van der Waals surface area contributed by atoms with Crippen molar-refractivity contribution < 1.29 is 0 Å². The Morgan fingerprint density at radius 3 is 2.00 bits per heavy atom. The molecule has 4 N–H and O–H groups in total. The van der Waals surface area contributed by atoms with E-state index in [9.17, 15) is 0 Å². The summed E-state index contributed by atoms with van der Waals surface area (Å²) in [6.45, 7) is 9.24. The largest absolute Gasteiger partial charge is 0.305 e. The molecule has 0 aromatic rings. The quantitative estimate of drug-likeness (QED) is 0.197. The number of nitrogens with two attached hydrogens (primary N) is 2. The standard InChI is InChI=1S/C9H23IN8/c1-9(2)17(5-3-13-15-11)7-8-18(10)6-4-14-16-12/h9H,3-8H2,1-2H3,(H2,11,13)(H2,12,14). The Morgan fingerprint density at radius 2 is 1.50 bits per heavy atom. The fourth-order valence-corrected chi connectivity index (χ4v) is 1.85. The van der Waals surface area contributed by atoms with E-state index in [0.717, 1.165) is 26.2 Å². The topological polar surface area (TPSA) is 108 Å². The van der Waals surface area contributed by atoms with Gasteiger partial charge in [-0.05, 0) is 13.8 Å². The van der Waals surface area contributed by atoms with Gasteiger partial charge in [0.1, 0.15) is 0 Å². The molecular weight excluding hydrogens is 347 g/mol. The molecule has 0 atom stereocenters. The van der Waals surface area contributed by atoms with Crippen molar-refractivity contribution in [2.45, 2.75) is 19.9 Å². The van der Waals surface area contributed by atoms with Gasteiger partial charge in [0.15, 0.2) is 0 Å². The SMILES string of the molecule is CC(C)N(CCN=NN)CCN(I)CCN=NN. The minimum atomic E-state index is 0.478. The normalized spacial score (nSPS) is 12.8. The van der Waals surface area contributed by atoms with Crippen LogP contribution < -0.4 is 11.7 Å². The molecule has 0 heterocycles. The molecule has 0 aromatic carbocycles. The Kier molecular flexibility index (Phi) is 11.2. The molecule has 106 valence electrons. The third-order valence-corrected chi connectivity index (χ3v) is 3.42. The van der Waals surface area contributed by atoms with E-state index in [1.54, 1.807) is 0 Å². The van der Waals surface area contributed by atoms with Crippen LogP contribution in [0.25, 0.3) is 0 Å². The Balaban J connectivity index is 3.87. The first-order chi connectivity index (χ1) is 8.61. The molecule has 0 aliphatic heterocycles. The highest BCUT2D eigenvalue weighted by atomic mass is 127. The van der Waals surface area contributed by atoms with Crippen molar-refractivity contribution in [3.05, 3.63) is 0 Å². The van der Waals surface area contributed by atoms with E-state index in [1.165, 1.54) is 0 Å². The summed E-state index contributed by atoms with van der Waals surface area (Å²) in [5.41, 5.74) is 0. The zero-order valence-corrected chi connectivity index (χ0v) is 13.2. The van der Waals surface area contributed by atoms with Crippen LogP contribution in [0.1, 0.15) is 13.8 Å². The van der Waals surface area contributed by atoms with Crippen molar-refractivity contribution in [2.24, 2.45) is 32.4 Å². The van der Waals surface area contributed by atoms with E-state index < -0.39 is 0 Å². The zero-order valence-electron chi connectivity index (χ0n) is 11.0. The third kappa shape index (κ3) is 9.48. The second kappa shape index (κ2) is 11.5. The van der Waals surface area contributed by atoms with Crippen LogP contribution in [-0.4, -0.2) is 53.3 Å². The van der Waals surface area contributed by atoms with E-state index in [0.29, 0.717) is 19.1 Å². The van der Waals surface area contributed by atoms with Gasteiger partial charge in [0.25, 0.3) is 0 Å². The number of rotatable bonds is 10. The predicted octanol–water partition coefficient (Wildman–Crippen LogP) is 1.00. The van der Waals surface area contributed by atoms with Crippen LogP contribution in [-0.2, 0) is 0 Å². The van der Waals surface area contributed by atoms with Gasteiger partial charge in [-0.2, -0.15) is 10.2 Å². The molecule has 0 fully saturated rings. The van der Waals surface area contributed by atoms with Gasteiger partial charge in [-0.15, -0.1) is 0 Å². The average Bonchev–Trinajstić information content (AvgIpc) is 2.33. The summed E-state index contributed by atoms with van der Waals surface area (Å²) in [7, 11) is 0. The molecule has 9 heteroatoms. The minimum Gasteiger partial charge on any atom is -0.305 e. The van der Waals surface area contributed by atoms with Crippen LogP contribution in [0.2, 0.25) is 0 Å². The Hall–Kier alpha value is -0.550. The van der Waals surface area contributed by atoms with Gasteiger partial charge >= 0.3 is 0 Å². The first kappa shape index (κ1) is 17.4. The fraction of sp³-hybridized carbons (Fsp3) is 1.00. The minimum absolute atomic E-state index is 0.478. The molecule has 18 heavy (non-hydrogen) atoms. The van der Waals surface area contributed by atoms with E-state index in [-0.39, 0.29) is 0 Å². The Morgan fingerprint density at radius 1 is 0.944 bits per heavy atom. The molecule has 0 bridgehead atoms. The summed E-state index contributed by atoms with van der Waals surface area (Å²) in [4.78, 5) is 2.34. The fourth-order valence-electron chi connectivity index (χ4n) is 1.42. The molecule has 0 unspecified atom stereocenters. The lowest BCUT2D eigenvalue weighted by molar-refractivity contribution is 0.217. The smallest absolute Gasteiger partial charge is 0.0755 e. The van der Waals surface area contributed by atoms with Gasteiger partial charge in [0.05, 0.1) is 13.1 Å². The van der Waals surface area contributed by atoms with Crippen LogP contribution in [0.4, 0.5) is 0 Å². The van der Waals surface area contributed by atoms with Crippen LogP contribution in [0, 0.1) is 0 Å². The number of hydrogen-bond donors (Lipinski definition) is 2. The van der Waals surface area contributed by atoms with Crippen LogP contribution >= 0.6 is 22.9 Å². The second-order valence-electron chi connectivity index (χ2n) is 4.00. The van der Waals surface area contributed by atoms with Crippen LogP contribution in [0.15, 0.2) is 20.7 Å². The van der Waals surface area contributed by atoms with E-state index in [2.05, 4.69) is 65.4 Å². The maximum Gasteiger partial charge on any atom is 0.0755 e. The number of halogens is 1. The van der Waals surface area contributed by atoms with Gasteiger partial charge < -0.3 is 11.7 Å². The lowest BCUT2D eigenvalue weighted by Gasteiger charge is -2.27. The average molecular weight is 370 g/mol. The van der Waals surface area contributed by atoms with Crippen molar-refractivity contribution in [3.63, 3.8) is 0 Å². The summed E-state index contributed by atoms with van der Waals surface area (Å²) >= 11 is 2.29. The molecule has 0 amide bonds. The van der Waals surface area contributed by atoms with Gasteiger partial charge in [-0.25, -0.2) is 3.11 Å². The van der Waals surface area contributed by atoms with E-state index in [1.807, 2.05) is 0 Å². The lowest BCUT2D eigenvalue weighted by Crippen LogP contribution is -2.38. The van der Waals surface area contributed by atoms with Crippen LogP contribution in [0.3, 0.4) is 0 Å². The van der Waals surface area contributed by atoms with Crippen molar-refractivity contribution in [3.8, 4) is 0 Å². The summed E-state index contributed by atoms with van der Waals surface area (Å²) in [6, 6.07) is 0.478. The van der Waals surface area contributed by atoms with Crippen molar-refractivity contribution in [1.82, 2.24) is 8.01 Å². The maximum atomic E-state index is 4.98. The zero-order chi connectivity index (χ0) is 13.8. The summed E-state index contributed by atoms with van der Waals surface area (Å²) in [5.74, 6) is 9.93. The monoisotopic (exact) mass is 370 g/mol. The Bertz CT molecular complexity index is 245. The Labute approximate surface area is 122 Å². The molecule has 0 aliphatic carbocycles. The number of nitrogens with zero attached hydrogens (tertiary/aromatic N) is 6. The third-order valence-electron chi connectivity index (χ3n) is 2.45. The first-order valence-electron chi connectivity index (χ1n) is 5.90. The van der Waals surface area contributed by atoms with Gasteiger partial charge in [-0.1, -0.05) is 10.4 Å². The molecule has 0 saturated carbocycles. The van der Waals surface area contributed by atoms with Crippen molar-refractivity contribution >= 4 is 22.9 Å². The van der Waals surface area contributed by atoms with Gasteiger partial charge in [-0.3, -0.25) is 4.90 Å². The van der Waals surface area contributed by atoms with Crippen LogP contribution in [0.5, 0.6) is 0 Å². The number of hydrogen-bond acceptors (Lipinski definition) is 6.